The summed E-state index contributed by atoms with van der Waals surface area (Å²) in [6.45, 7) is 4.66. The normalized spacial score (nSPS) is 16.8. The first-order valence-electron chi connectivity index (χ1n) is 8.91. The molecule has 3 aromatic rings. The van der Waals surface area contributed by atoms with Crippen molar-refractivity contribution < 1.29 is 14.1 Å². The predicted octanol–water partition coefficient (Wildman–Crippen LogP) is 3.88. The fourth-order valence-electron chi connectivity index (χ4n) is 3.30. The Hall–Kier alpha value is -3.15. The SMILES string of the molecule is COc1cccc(-c2noc(C3CC(=O)N(c4ccc(C)c(C)c4)C3)n2)c1. The van der Waals surface area contributed by atoms with Crippen molar-refractivity contribution in [2.24, 2.45) is 0 Å². The Kier molecular flexibility index (Phi) is 4.39. The summed E-state index contributed by atoms with van der Waals surface area (Å²) in [5, 5.41) is 4.08. The minimum absolute atomic E-state index is 0.0735. The number of aryl methyl sites for hydroxylation is 2. The van der Waals surface area contributed by atoms with Gasteiger partial charge in [0.2, 0.25) is 17.6 Å². The lowest BCUT2D eigenvalue weighted by Crippen LogP contribution is -2.24. The Morgan fingerprint density at radius 2 is 2.00 bits per heavy atom. The van der Waals surface area contributed by atoms with Gasteiger partial charge >= 0.3 is 0 Å². The summed E-state index contributed by atoms with van der Waals surface area (Å²) in [5.41, 5.74) is 4.11. The number of rotatable bonds is 4. The molecule has 0 aliphatic carbocycles. The van der Waals surface area contributed by atoms with Gasteiger partial charge in [-0.15, -0.1) is 0 Å². The molecule has 1 aliphatic rings. The molecule has 1 aromatic heterocycles. The quantitative estimate of drug-likeness (QED) is 0.703. The van der Waals surface area contributed by atoms with Crippen LogP contribution in [-0.2, 0) is 4.79 Å². The number of nitrogens with zero attached hydrogens (tertiary/aromatic N) is 3. The van der Waals surface area contributed by atoms with Crippen molar-refractivity contribution in [3.8, 4) is 17.1 Å². The van der Waals surface area contributed by atoms with Gasteiger partial charge in [0.05, 0.1) is 13.0 Å². The fourth-order valence-corrected chi connectivity index (χ4v) is 3.30. The number of methoxy groups -OCH3 is 1. The second-order valence-corrected chi connectivity index (χ2v) is 6.86. The summed E-state index contributed by atoms with van der Waals surface area (Å²) >= 11 is 0. The zero-order valence-electron chi connectivity index (χ0n) is 15.6. The van der Waals surface area contributed by atoms with Crippen molar-refractivity contribution in [3.05, 3.63) is 59.5 Å². The smallest absolute Gasteiger partial charge is 0.232 e. The van der Waals surface area contributed by atoms with Crippen molar-refractivity contribution in [2.75, 3.05) is 18.6 Å². The number of amides is 1. The maximum absolute atomic E-state index is 12.5. The number of aromatic nitrogens is 2. The molecule has 2 heterocycles. The molecule has 6 nitrogen and oxygen atoms in total. The van der Waals surface area contributed by atoms with Gasteiger partial charge in [-0.1, -0.05) is 23.4 Å². The molecule has 6 heteroatoms. The average molecular weight is 363 g/mol. The molecule has 1 saturated heterocycles. The van der Waals surface area contributed by atoms with E-state index in [2.05, 4.69) is 24.0 Å². The van der Waals surface area contributed by atoms with E-state index in [0.29, 0.717) is 24.7 Å². The molecule has 138 valence electrons. The third-order valence-corrected chi connectivity index (χ3v) is 5.05. The van der Waals surface area contributed by atoms with Crippen LogP contribution < -0.4 is 9.64 Å². The fraction of sp³-hybridized carbons (Fsp3) is 0.286. The van der Waals surface area contributed by atoms with Crippen LogP contribution in [-0.4, -0.2) is 29.7 Å². The molecule has 0 N–H and O–H groups in total. The molecular weight excluding hydrogens is 342 g/mol. The van der Waals surface area contributed by atoms with E-state index in [1.807, 2.05) is 42.5 Å². The van der Waals surface area contributed by atoms with Crippen LogP contribution in [0.2, 0.25) is 0 Å². The summed E-state index contributed by atoms with van der Waals surface area (Å²) in [6.07, 6.45) is 0.368. The van der Waals surface area contributed by atoms with Gasteiger partial charge in [0, 0.05) is 24.2 Å². The van der Waals surface area contributed by atoms with Crippen LogP contribution in [0.15, 0.2) is 47.0 Å². The van der Waals surface area contributed by atoms with Crippen molar-refractivity contribution in [1.29, 1.82) is 0 Å². The molecule has 4 rings (SSSR count). The third-order valence-electron chi connectivity index (χ3n) is 5.05. The van der Waals surface area contributed by atoms with Crippen LogP contribution in [0.25, 0.3) is 11.4 Å². The van der Waals surface area contributed by atoms with E-state index in [1.54, 1.807) is 12.0 Å². The molecule has 0 bridgehead atoms. The standard InChI is InChI=1S/C21H21N3O3/c1-13-7-8-17(9-14(13)2)24-12-16(11-19(24)25)21-22-20(23-27-21)15-5-4-6-18(10-15)26-3/h4-10,16H,11-12H2,1-3H3. The monoisotopic (exact) mass is 363 g/mol. The topological polar surface area (TPSA) is 68.5 Å². The van der Waals surface area contributed by atoms with E-state index in [9.17, 15) is 4.79 Å². The van der Waals surface area contributed by atoms with Crippen molar-refractivity contribution in [2.45, 2.75) is 26.2 Å². The summed E-state index contributed by atoms with van der Waals surface area (Å²) < 4.78 is 10.7. The van der Waals surface area contributed by atoms with Gasteiger partial charge in [0.25, 0.3) is 0 Å². The average Bonchev–Trinajstić information content (AvgIpc) is 3.31. The van der Waals surface area contributed by atoms with E-state index in [-0.39, 0.29) is 11.8 Å². The first-order valence-corrected chi connectivity index (χ1v) is 8.91. The molecule has 1 fully saturated rings. The van der Waals surface area contributed by atoms with Crippen LogP contribution in [0.5, 0.6) is 5.75 Å². The molecular formula is C21H21N3O3. The molecule has 1 unspecified atom stereocenters. The molecule has 27 heavy (non-hydrogen) atoms. The van der Waals surface area contributed by atoms with Crippen LogP contribution in [0, 0.1) is 13.8 Å². The van der Waals surface area contributed by atoms with Crippen LogP contribution >= 0.6 is 0 Å². The minimum atomic E-state index is -0.106. The van der Waals surface area contributed by atoms with Gasteiger partial charge in [0.1, 0.15) is 5.75 Å². The van der Waals surface area contributed by atoms with E-state index in [4.69, 9.17) is 9.26 Å². The lowest BCUT2D eigenvalue weighted by atomic mass is 10.1. The molecule has 2 aromatic carbocycles. The largest absolute Gasteiger partial charge is 0.497 e. The van der Waals surface area contributed by atoms with Gasteiger partial charge in [0.15, 0.2) is 0 Å². The van der Waals surface area contributed by atoms with Gasteiger partial charge in [-0.05, 0) is 49.2 Å². The number of carbonyl (C=O) groups excluding carboxylic acids is 1. The molecule has 1 atom stereocenters. The second kappa shape index (κ2) is 6.87. The Morgan fingerprint density at radius 3 is 2.78 bits per heavy atom. The second-order valence-electron chi connectivity index (χ2n) is 6.86. The first kappa shape index (κ1) is 17.3. The Labute approximate surface area is 157 Å². The number of ether oxygens (including phenoxy) is 1. The number of hydrogen-bond donors (Lipinski definition) is 0. The predicted molar refractivity (Wildman–Crippen MR) is 102 cm³/mol. The summed E-state index contributed by atoms with van der Waals surface area (Å²) in [5.74, 6) is 1.69. The van der Waals surface area contributed by atoms with Crippen molar-refractivity contribution >= 4 is 11.6 Å². The van der Waals surface area contributed by atoms with Crippen molar-refractivity contribution in [3.63, 3.8) is 0 Å². The van der Waals surface area contributed by atoms with Crippen molar-refractivity contribution in [1.82, 2.24) is 10.1 Å². The van der Waals surface area contributed by atoms with E-state index in [1.165, 1.54) is 11.1 Å². The molecule has 1 amide bonds. The molecule has 0 saturated carbocycles. The van der Waals surface area contributed by atoms with Gasteiger partial charge in [-0.25, -0.2) is 0 Å². The number of benzene rings is 2. The lowest BCUT2D eigenvalue weighted by molar-refractivity contribution is -0.117. The highest BCUT2D eigenvalue weighted by molar-refractivity contribution is 5.96. The van der Waals surface area contributed by atoms with Gasteiger partial charge in [-0.2, -0.15) is 4.98 Å². The zero-order valence-corrected chi connectivity index (χ0v) is 15.6. The molecule has 1 aliphatic heterocycles. The van der Waals surface area contributed by atoms with E-state index in [0.717, 1.165) is 17.0 Å². The highest BCUT2D eigenvalue weighted by Crippen LogP contribution is 2.33. The van der Waals surface area contributed by atoms with E-state index < -0.39 is 0 Å². The van der Waals surface area contributed by atoms with Gasteiger partial charge in [-0.3, -0.25) is 4.79 Å². The Bertz CT molecular complexity index is 996. The lowest BCUT2D eigenvalue weighted by Gasteiger charge is -2.17. The summed E-state index contributed by atoms with van der Waals surface area (Å²) in [4.78, 5) is 18.9. The number of carbonyl (C=O) groups is 1. The zero-order chi connectivity index (χ0) is 19.0. The van der Waals surface area contributed by atoms with Gasteiger partial charge < -0.3 is 14.2 Å². The van der Waals surface area contributed by atoms with Crippen LogP contribution in [0.3, 0.4) is 0 Å². The maximum Gasteiger partial charge on any atom is 0.232 e. The highest BCUT2D eigenvalue weighted by atomic mass is 16.5. The molecule has 0 spiro atoms. The minimum Gasteiger partial charge on any atom is -0.497 e. The van der Waals surface area contributed by atoms with Crippen LogP contribution in [0.1, 0.15) is 29.4 Å². The summed E-state index contributed by atoms with van der Waals surface area (Å²) in [7, 11) is 1.62. The Balaban J connectivity index is 1.55. The number of anilines is 1. The third kappa shape index (κ3) is 3.30. The van der Waals surface area contributed by atoms with E-state index >= 15 is 0 Å². The summed E-state index contributed by atoms with van der Waals surface area (Å²) in [6, 6.07) is 13.6. The van der Waals surface area contributed by atoms with Crippen LogP contribution in [0.4, 0.5) is 5.69 Å². The number of hydrogen-bond acceptors (Lipinski definition) is 5. The maximum atomic E-state index is 12.5. The first-order chi connectivity index (χ1) is 13.0. The Morgan fingerprint density at radius 1 is 1.15 bits per heavy atom. The molecule has 0 radical (unpaired) electrons. The highest BCUT2D eigenvalue weighted by Gasteiger charge is 2.35.